The highest BCUT2D eigenvalue weighted by Crippen LogP contribution is 2.24. The molecule has 1 aliphatic heterocycles. The Morgan fingerprint density at radius 2 is 1.75 bits per heavy atom. The smallest absolute Gasteiger partial charge is 0.294 e. The lowest BCUT2D eigenvalue weighted by Crippen LogP contribution is -2.30. The van der Waals surface area contributed by atoms with Gasteiger partial charge in [-0.05, 0) is 95.0 Å². The van der Waals surface area contributed by atoms with E-state index >= 15 is 0 Å². The molecule has 6 rings (SSSR count). The summed E-state index contributed by atoms with van der Waals surface area (Å²) in [6, 6.07) is 17.7. The zero-order valence-electron chi connectivity index (χ0n) is 25.4. The van der Waals surface area contributed by atoms with Crippen molar-refractivity contribution in [1.29, 1.82) is 0 Å². The SMILES string of the molecule is Cc1ccc(C(=O)NC2CC2)cc1-n1cnc2ccc(O[C@H]3CCN(C(C)C)C3)cc2c1=O.Cc1ccc(S(=O)(=O)O)cc1. The van der Waals surface area contributed by atoms with E-state index in [1.54, 1.807) is 30.3 Å². The van der Waals surface area contributed by atoms with Crippen molar-refractivity contribution in [3.05, 3.63) is 94.0 Å². The Bertz CT molecular complexity index is 1830. The minimum atomic E-state index is -4.02. The summed E-state index contributed by atoms with van der Waals surface area (Å²) < 4.78 is 37.3. The summed E-state index contributed by atoms with van der Waals surface area (Å²) in [5.74, 6) is 0.576. The molecule has 0 radical (unpaired) electrons. The van der Waals surface area contributed by atoms with Crippen LogP contribution in [0, 0.1) is 13.8 Å². The standard InChI is InChI=1S/C26H30N4O3.C7H8O3S/c1-16(2)29-11-10-21(14-29)33-20-8-9-23-22(13-20)26(32)30(15-27-23)24-12-18(5-4-17(24)3)25(31)28-19-6-7-19;1-6-2-4-7(5-3-6)11(8,9)10/h4-5,8-9,12-13,15-16,19,21H,6-7,10-11,14H2,1-3H3,(H,28,31);2-5H,1H3,(H,8,9,10)/t21-;/m0./s1. The summed E-state index contributed by atoms with van der Waals surface area (Å²) in [6.45, 7) is 10.1. The van der Waals surface area contributed by atoms with Crippen LogP contribution >= 0.6 is 0 Å². The van der Waals surface area contributed by atoms with Gasteiger partial charge in [-0.15, -0.1) is 0 Å². The summed E-state index contributed by atoms with van der Waals surface area (Å²) in [5.41, 5.74) is 3.50. The van der Waals surface area contributed by atoms with Crippen molar-refractivity contribution in [2.45, 2.75) is 70.0 Å². The van der Waals surface area contributed by atoms with E-state index in [4.69, 9.17) is 9.29 Å². The molecule has 2 N–H and O–H groups in total. The van der Waals surface area contributed by atoms with Crippen molar-refractivity contribution in [3.63, 3.8) is 0 Å². The van der Waals surface area contributed by atoms with E-state index in [0.29, 0.717) is 33.9 Å². The Morgan fingerprint density at radius 3 is 2.39 bits per heavy atom. The molecule has 1 saturated carbocycles. The number of aromatic nitrogens is 2. The van der Waals surface area contributed by atoms with Gasteiger partial charge in [-0.3, -0.25) is 23.6 Å². The maximum absolute atomic E-state index is 13.4. The highest BCUT2D eigenvalue weighted by Gasteiger charge is 2.26. The zero-order valence-corrected chi connectivity index (χ0v) is 26.2. The van der Waals surface area contributed by atoms with Crippen LogP contribution in [-0.2, 0) is 10.1 Å². The molecule has 0 bridgehead atoms. The number of carbonyl (C=O) groups is 1. The van der Waals surface area contributed by atoms with Gasteiger partial charge >= 0.3 is 0 Å². The van der Waals surface area contributed by atoms with Gasteiger partial charge in [0, 0.05) is 30.7 Å². The number of hydrogen-bond acceptors (Lipinski definition) is 7. The Morgan fingerprint density at radius 1 is 1.02 bits per heavy atom. The number of amides is 1. The molecule has 10 nitrogen and oxygen atoms in total. The fourth-order valence-electron chi connectivity index (χ4n) is 5.07. The largest absolute Gasteiger partial charge is 0.489 e. The van der Waals surface area contributed by atoms with Gasteiger partial charge in [-0.25, -0.2) is 4.98 Å². The molecular weight excluding hydrogens is 580 g/mol. The number of hydrogen-bond donors (Lipinski definition) is 2. The molecule has 1 saturated heterocycles. The third kappa shape index (κ3) is 7.53. The van der Waals surface area contributed by atoms with Crippen molar-refractivity contribution in [2.75, 3.05) is 13.1 Å². The van der Waals surface area contributed by atoms with Crippen molar-refractivity contribution in [2.24, 2.45) is 0 Å². The first-order chi connectivity index (χ1) is 20.9. The molecule has 1 aromatic heterocycles. The lowest BCUT2D eigenvalue weighted by atomic mass is 10.1. The van der Waals surface area contributed by atoms with Gasteiger partial charge in [-0.2, -0.15) is 8.42 Å². The van der Waals surface area contributed by atoms with Crippen LogP contribution in [0.5, 0.6) is 5.75 Å². The van der Waals surface area contributed by atoms with Crippen LogP contribution in [0.3, 0.4) is 0 Å². The zero-order chi connectivity index (χ0) is 31.6. The summed E-state index contributed by atoms with van der Waals surface area (Å²) >= 11 is 0. The summed E-state index contributed by atoms with van der Waals surface area (Å²) in [6.07, 6.45) is 4.68. The third-order valence-electron chi connectivity index (χ3n) is 7.90. The maximum Gasteiger partial charge on any atom is 0.294 e. The molecule has 3 aromatic carbocycles. The second kappa shape index (κ2) is 12.9. The predicted octanol–water partition coefficient (Wildman–Crippen LogP) is 4.69. The van der Waals surface area contributed by atoms with Gasteiger partial charge in [0.2, 0.25) is 0 Å². The molecule has 2 heterocycles. The summed E-state index contributed by atoms with van der Waals surface area (Å²) in [5, 5.41) is 3.50. The van der Waals surface area contributed by atoms with Crippen LogP contribution in [0.4, 0.5) is 0 Å². The number of nitrogens with one attached hydrogen (secondary N) is 1. The molecular formula is C33H38N4O6S. The van der Waals surface area contributed by atoms with Crippen LogP contribution in [0.25, 0.3) is 16.6 Å². The second-order valence-corrected chi connectivity index (χ2v) is 13.2. The second-order valence-electron chi connectivity index (χ2n) is 11.8. The van der Waals surface area contributed by atoms with Crippen LogP contribution in [-0.4, -0.2) is 64.6 Å². The van der Waals surface area contributed by atoms with Crippen LogP contribution in [0.15, 0.2) is 76.7 Å². The van der Waals surface area contributed by atoms with Crippen LogP contribution < -0.4 is 15.6 Å². The first kappa shape index (κ1) is 31.4. The van der Waals surface area contributed by atoms with E-state index in [2.05, 4.69) is 29.0 Å². The van der Waals surface area contributed by atoms with Gasteiger partial charge in [0.1, 0.15) is 18.2 Å². The quantitative estimate of drug-likeness (QED) is 0.285. The number of carbonyl (C=O) groups excluding carboxylic acids is 1. The number of likely N-dealkylation sites (tertiary alicyclic amines) is 1. The molecule has 232 valence electrons. The number of nitrogens with zero attached hydrogens (tertiary/aromatic N) is 3. The molecule has 0 spiro atoms. The number of aryl methyl sites for hydroxylation is 2. The van der Waals surface area contributed by atoms with Gasteiger partial charge in [-0.1, -0.05) is 23.8 Å². The van der Waals surface area contributed by atoms with E-state index in [1.165, 1.54) is 23.0 Å². The van der Waals surface area contributed by atoms with Gasteiger partial charge in [0.05, 0.1) is 21.5 Å². The summed E-state index contributed by atoms with van der Waals surface area (Å²) in [7, 11) is -4.02. The molecule has 11 heteroatoms. The van der Waals surface area contributed by atoms with E-state index < -0.39 is 10.1 Å². The van der Waals surface area contributed by atoms with Crippen molar-refractivity contribution in [1.82, 2.24) is 19.8 Å². The molecule has 1 atom stereocenters. The Labute approximate surface area is 257 Å². The van der Waals surface area contributed by atoms with Crippen molar-refractivity contribution in [3.8, 4) is 11.4 Å². The fraction of sp³-hybridized carbons (Fsp3) is 0.364. The molecule has 1 aliphatic carbocycles. The van der Waals surface area contributed by atoms with E-state index in [-0.39, 0.29) is 28.5 Å². The number of ether oxygens (including phenoxy) is 1. The average molecular weight is 619 g/mol. The van der Waals surface area contributed by atoms with Gasteiger partial charge < -0.3 is 10.1 Å². The third-order valence-corrected chi connectivity index (χ3v) is 8.77. The normalized spacial score (nSPS) is 16.9. The van der Waals surface area contributed by atoms with Gasteiger partial charge in [0.15, 0.2) is 0 Å². The first-order valence-corrected chi connectivity index (χ1v) is 16.2. The minimum Gasteiger partial charge on any atom is -0.489 e. The summed E-state index contributed by atoms with van der Waals surface area (Å²) in [4.78, 5) is 32.8. The number of benzene rings is 3. The van der Waals surface area contributed by atoms with E-state index in [1.807, 2.05) is 32.0 Å². The Hall–Kier alpha value is -4.06. The Kier molecular flexibility index (Phi) is 9.19. The number of rotatable bonds is 7. The molecule has 2 aliphatic rings. The monoisotopic (exact) mass is 618 g/mol. The lowest BCUT2D eigenvalue weighted by molar-refractivity contribution is 0.0951. The van der Waals surface area contributed by atoms with Crippen LogP contribution in [0.1, 0.15) is 54.6 Å². The first-order valence-electron chi connectivity index (χ1n) is 14.8. The van der Waals surface area contributed by atoms with E-state index in [0.717, 1.165) is 43.5 Å². The van der Waals surface area contributed by atoms with Crippen molar-refractivity contribution < 1.29 is 22.5 Å². The lowest BCUT2D eigenvalue weighted by Gasteiger charge is -2.20. The maximum atomic E-state index is 13.4. The minimum absolute atomic E-state index is 0.0666. The molecule has 1 amide bonds. The fourth-order valence-corrected chi connectivity index (χ4v) is 5.55. The van der Waals surface area contributed by atoms with Gasteiger partial charge in [0.25, 0.3) is 21.6 Å². The van der Waals surface area contributed by atoms with E-state index in [9.17, 15) is 18.0 Å². The Balaban J connectivity index is 0.000000296. The van der Waals surface area contributed by atoms with Crippen molar-refractivity contribution >= 4 is 26.9 Å². The predicted molar refractivity (Wildman–Crippen MR) is 169 cm³/mol. The topological polar surface area (TPSA) is 131 Å². The van der Waals surface area contributed by atoms with Crippen LogP contribution in [0.2, 0.25) is 0 Å². The molecule has 0 unspecified atom stereocenters. The molecule has 2 fully saturated rings. The highest BCUT2D eigenvalue weighted by atomic mass is 32.2. The molecule has 4 aromatic rings. The molecule has 44 heavy (non-hydrogen) atoms. The number of fused-ring (bicyclic) bond motifs is 1. The highest BCUT2D eigenvalue weighted by molar-refractivity contribution is 7.85. The average Bonchev–Trinajstić information content (AvgIpc) is 3.67.